The summed E-state index contributed by atoms with van der Waals surface area (Å²) in [6.07, 6.45) is -2.02. The molecule has 0 saturated carbocycles. The molecule has 0 bridgehead atoms. The largest absolute Gasteiger partial charge is 0.391 e. The summed E-state index contributed by atoms with van der Waals surface area (Å²) in [5, 5.41) is 25.6. The molecule has 9 heavy (non-hydrogen) atoms. The monoisotopic (exact) mass is 135 g/mol. The molecule has 2 atom stereocenters. The van der Waals surface area contributed by atoms with E-state index >= 15 is 0 Å². The molecule has 0 aromatic rings. The highest BCUT2D eigenvalue weighted by Gasteiger charge is 2.18. The lowest BCUT2D eigenvalue weighted by atomic mass is 10.1. The number of rotatable bonds is 3. The maximum absolute atomic E-state index is 8.85. The molecule has 56 valence electrons. The summed E-state index contributed by atoms with van der Waals surface area (Å²) in [5.41, 5.74) is 5.12. The fraction of sp³-hybridized carbons (Fsp3) is 1.00. The molecule has 0 aliphatic rings. The molecular formula is C5H13NO3. The highest BCUT2D eigenvalue weighted by Crippen LogP contribution is 1.97. The van der Waals surface area contributed by atoms with Crippen LogP contribution in [0.15, 0.2) is 0 Å². The van der Waals surface area contributed by atoms with Gasteiger partial charge in [0.1, 0.15) is 0 Å². The Kier molecular flexibility index (Phi) is 3.72. The molecule has 4 nitrogen and oxygen atoms in total. The van der Waals surface area contributed by atoms with E-state index in [-0.39, 0.29) is 0 Å². The standard InChI is InChI=1S/C5H13NO3/c1-2-3(7)4(6)5(8)9/h3-5,7-9H,2,6H2,1H3. The van der Waals surface area contributed by atoms with E-state index in [1.165, 1.54) is 0 Å². The van der Waals surface area contributed by atoms with Gasteiger partial charge >= 0.3 is 0 Å². The quantitative estimate of drug-likeness (QED) is 0.351. The highest BCUT2D eigenvalue weighted by molar-refractivity contribution is 4.71. The molecule has 0 rings (SSSR count). The van der Waals surface area contributed by atoms with Crippen molar-refractivity contribution >= 4 is 0 Å². The lowest BCUT2D eigenvalue weighted by Crippen LogP contribution is -2.44. The Morgan fingerprint density at radius 2 is 1.78 bits per heavy atom. The van der Waals surface area contributed by atoms with Crippen LogP contribution in [0.5, 0.6) is 0 Å². The normalized spacial score (nSPS) is 18.0. The summed E-state index contributed by atoms with van der Waals surface area (Å²) in [4.78, 5) is 0. The number of nitrogens with two attached hydrogens (primary N) is 1. The van der Waals surface area contributed by atoms with Crippen LogP contribution in [-0.4, -0.2) is 33.8 Å². The van der Waals surface area contributed by atoms with Gasteiger partial charge in [-0.2, -0.15) is 0 Å². The lowest BCUT2D eigenvalue weighted by Gasteiger charge is -2.18. The molecule has 0 radical (unpaired) electrons. The van der Waals surface area contributed by atoms with Gasteiger partial charge in [0.05, 0.1) is 12.1 Å². The molecule has 0 aliphatic heterocycles. The molecule has 0 aromatic heterocycles. The van der Waals surface area contributed by atoms with Crippen molar-refractivity contribution in [3.05, 3.63) is 0 Å². The molecule has 2 unspecified atom stereocenters. The second kappa shape index (κ2) is 3.79. The van der Waals surface area contributed by atoms with Gasteiger partial charge in [0.2, 0.25) is 0 Å². The van der Waals surface area contributed by atoms with Crippen LogP contribution in [-0.2, 0) is 0 Å². The summed E-state index contributed by atoms with van der Waals surface area (Å²) >= 11 is 0. The number of hydrogen-bond donors (Lipinski definition) is 4. The topological polar surface area (TPSA) is 86.7 Å². The first kappa shape index (κ1) is 8.84. The fourth-order valence-corrected chi connectivity index (χ4v) is 0.471. The summed E-state index contributed by atoms with van der Waals surface area (Å²) in [6.45, 7) is 1.72. The summed E-state index contributed by atoms with van der Waals surface area (Å²) in [6, 6.07) is -0.949. The second-order valence-corrected chi connectivity index (χ2v) is 1.97. The van der Waals surface area contributed by atoms with Crippen molar-refractivity contribution in [3.8, 4) is 0 Å². The van der Waals surface area contributed by atoms with Crippen LogP contribution in [0.25, 0.3) is 0 Å². The van der Waals surface area contributed by atoms with E-state index in [1.54, 1.807) is 6.92 Å². The third-order valence-corrected chi connectivity index (χ3v) is 1.21. The van der Waals surface area contributed by atoms with Gasteiger partial charge in [-0.1, -0.05) is 6.92 Å². The van der Waals surface area contributed by atoms with Crippen molar-refractivity contribution in [3.63, 3.8) is 0 Å². The first-order chi connectivity index (χ1) is 4.09. The highest BCUT2D eigenvalue weighted by atomic mass is 16.5. The smallest absolute Gasteiger partial charge is 0.169 e. The Bertz CT molecular complexity index is 76.6. The molecular weight excluding hydrogens is 122 g/mol. The van der Waals surface area contributed by atoms with Crippen LogP contribution in [0.2, 0.25) is 0 Å². The van der Waals surface area contributed by atoms with Gasteiger partial charge in [0.15, 0.2) is 6.29 Å². The summed E-state index contributed by atoms with van der Waals surface area (Å²) in [7, 11) is 0. The Labute approximate surface area is 53.9 Å². The molecule has 0 saturated heterocycles. The van der Waals surface area contributed by atoms with E-state index < -0.39 is 18.4 Å². The zero-order chi connectivity index (χ0) is 7.44. The Morgan fingerprint density at radius 3 is 1.89 bits per heavy atom. The first-order valence-corrected chi connectivity index (χ1v) is 2.89. The number of aliphatic hydroxyl groups excluding tert-OH is 2. The minimum atomic E-state index is -1.63. The molecule has 0 fully saturated rings. The predicted octanol–water partition coefficient (Wildman–Crippen LogP) is -1.60. The number of aliphatic hydroxyl groups is 3. The van der Waals surface area contributed by atoms with Crippen LogP contribution in [0.3, 0.4) is 0 Å². The predicted molar refractivity (Wildman–Crippen MR) is 32.5 cm³/mol. The van der Waals surface area contributed by atoms with Gasteiger partial charge in [0.25, 0.3) is 0 Å². The SMILES string of the molecule is CCC(O)C(N)C(O)O. The van der Waals surface area contributed by atoms with Gasteiger partial charge in [0, 0.05) is 0 Å². The van der Waals surface area contributed by atoms with Crippen LogP contribution < -0.4 is 5.73 Å². The maximum atomic E-state index is 8.85. The van der Waals surface area contributed by atoms with Gasteiger partial charge in [-0.05, 0) is 6.42 Å². The van der Waals surface area contributed by atoms with E-state index in [1.807, 2.05) is 0 Å². The average molecular weight is 135 g/mol. The van der Waals surface area contributed by atoms with Crippen molar-refractivity contribution < 1.29 is 15.3 Å². The van der Waals surface area contributed by atoms with Crippen LogP contribution in [0, 0.1) is 0 Å². The minimum Gasteiger partial charge on any atom is -0.391 e. The van der Waals surface area contributed by atoms with E-state index in [0.29, 0.717) is 6.42 Å². The van der Waals surface area contributed by atoms with Crippen LogP contribution in [0.4, 0.5) is 0 Å². The molecule has 4 heteroatoms. The van der Waals surface area contributed by atoms with Crippen molar-refractivity contribution in [2.45, 2.75) is 31.8 Å². The van der Waals surface area contributed by atoms with Crippen LogP contribution in [0.1, 0.15) is 13.3 Å². The molecule has 5 N–H and O–H groups in total. The van der Waals surface area contributed by atoms with Crippen molar-refractivity contribution in [1.82, 2.24) is 0 Å². The molecule has 0 aliphatic carbocycles. The second-order valence-electron chi connectivity index (χ2n) is 1.97. The average Bonchev–Trinajstić information content (AvgIpc) is 1.84. The first-order valence-electron chi connectivity index (χ1n) is 2.89. The Hall–Kier alpha value is -0.160. The van der Waals surface area contributed by atoms with E-state index in [2.05, 4.69) is 0 Å². The van der Waals surface area contributed by atoms with E-state index in [0.717, 1.165) is 0 Å². The zero-order valence-electron chi connectivity index (χ0n) is 5.36. The van der Waals surface area contributed by atoms with Crippen LogP contribution >= 0.6 is 0 Å². The fourth-order valence-electron chi connectivity index (χ4n) is 0.471. The molecule has 0 spiro atoms. The lowest BCUT2D eigenvalue weighted by molar-refractivity contribution is -0.0861. The van der Waals surface area contributed by atoms with Gasteiger partial charge in [-0.3, -0.25) is 0 Å². The minimum absolute atomic E-state index is 0.429. The van der Waals surface area contributed by atoms with Crippen molar-refractivity contribution in [2.24, 2.45) is 5.73 Å². The van der Waals surface area contributed by atoms with Gasteiger partial charge in [-0.25, -0.2) is 0 Å². The van der Waals surface area contributed by atoms with E-state index in [9.17, 15) is 0 Å². The zero-order valence-corrected chi connectivity index (χ0v) is 5.36. The maximum Gasteiger partial charge on any atom is 0.169 e. The molecule has 0 aromatic carbocycles. The number of hydrogen-bond acceptors (Lipinski definition) is 4. The Morgan fingerprint density at radius 1 is 1.33 bits per heavy atom. The van der Waals surface area contributed by atoms with E-state index in [4.69, 9.17) is 21.1 Å². The summed E-state index contributed by atoms with van der Waals surface area (Å²) in [5.74, 6) is 0. The van der Waals surface area contributed by atoms with Gasteiger partial charge < -0.3 is 21.1 Å². The van der Waals surface area contributed by atoms with Crippen molar-refractivity contribution in [2.75, 3.05) is 0 Å². The summed E-state index contributed by atoms with van der Waals surface area (Å²) < 4.78 is 0. The Balaban J connectivity index is 3.58. The third-order valence-electron chi connectivity index (χ3n) is 1.21. The van der Waals surface area contributed by atoms with Crippen molar-refractivity contribution in [1.29, 1.82) is 0 Å². The molecule has 0 heterocycles. The van der Waals surface area contributed by atoms with Gasteiger partial charge in [-0.15, -0.1) is 0 Å². The molecule has 0 amide bonds. The third kappa shape index (κ3) is 2.76.